The second kappa shape index (κ2) is 6.84. The van der Waals surface area contributed by atoms with Gasteiger partial charge in [-0.05, 0) is 25.7 Å². The van der Waals surface area contributed by atoms with Crippen LogP contribution in [0.1, 0.15) is 55.8 Å². The van der Waals surface area contributed by atoms with Crippen molar-refractivity contribution in [3.05, 3.63) is 17.7 Å². The molecule has 6 nitrogen and oxygen atoms in total. The van der Waals surface area contributed by atoms with E-state index in [4.69, 9.17) is 4.74 Å². The maximum atomic E-state index is 13.0. The van der Waals surface area contributed by atoms with Gasteiger partial charge >= 0.3 is 0 Å². The summed E-state index contributed by atoms with van der Waals surface area (Å²) in [5, 5.41) is 3.30. The van der Waals surface area contributed by atoms with Crippen LogP contribution in [0.5, 0.6) is 0 Å². The molecule has 3 heterocycles. The van der Waals surface area contributed by atoms with Gasteiger partial charge in [0, 0.05) is 45.4 Å². The van der Waals surface area contributed by atoms with E-state index in [0.717, 1.165) is 63.4 Å². The molecule has 4 rings (SSSR count). The van der Waals surface area contributed by atoms with Gasteiger partial charge in [-0.25, -0.2) is 4.98 Å². The molecule has 1 aliphatic carbocycles. The fourth-order valence-electron chi connectivity index (χ4n) is 4.54. The molecule has 2 fully saturated rings. The van der Waals surface area contributed by atoms with Crippen LogP contribution in [-0.2, 0) is 23.1 Å². The van der Waals surface area contributed by atoms with Crippen LogP contribution in [-0.4, -0.2) is 52.2 Å². The Morgan fingerprint density at radius 1 is 1.25 bits per heavy atom. The van der Waals surface area contributed by atoms with Crippen molar-refractivity contribution in [2.45, 2.75) is 63.1 Å². The summed E-state index contributed by atoms with van der Waals surface area (Å²) >= 11 is 0. The van der Waals surface area contributed by atoms with Crippen LogP contribution in [0, 0.1) is 0 Å². The SMILES string of the molecule is Cn1cnc2c1[C@@H](C(=O)NC1CCCC1)CN(C1CCOCC1)C2. The number of hydrogen-bond donors (Lipinski definition) is 1. The summed E-state index contributed by atoms with van der Waals surface area (Å²) in [6.45, 7) is 3.31. The Morgan fingerprint density at radius 3 is 2.75 bits per heavy atom. The lowest BCUT2D eigenvalue weighted by molar-refractivity contribution is -0.124. The van der Waals surface area contributed by atoms with Crippen molar-refractivity contribution in [2.75, 3.05) is 19.8 Å². The van der Waals surface area contributed by atoms with Crippen molar-refractivity contribution in [1.29, 1.82) is 0 Å². The quantitative estimate of drug-likeness (QED) is 0.912. The number of amides is 1. The van der Waals surface area contributed by atoms with Gasteiger partial charge in [-0.15, -0.1) is 0 Å². The molecule has 6 heteroatoms. The number of hydrogen-bond acceptors (Lipinski definition) is 4. The third-order valence-electron chi connectivity index (χ3n) is 5.89. The molecule has 0 bridgehead atoms. The van der Waals surface area contributed by atoms with E-state index in [0.29, 0.717) is 12.1 Å². The van der Waals surface area contributed by atoms with Crippen LogP contribution in [0.25, 0.3) is 0 Å². The number of rotatable bonds is 3. The normalized spacial score (nSPS) is 26.5. The van der Waals surface area contributed by atoms with Gasteiger partial charge in [0.1, 0.15) is 0 Å². The van der Waals surface area contributed by atoms with E-state index in [1.165, 1.54) is 12.8 Å². The van der Waals surface area contributed by atoms with Crippen LogP contribution < -0.4 is 5.32 Å². The zero-order valence-corrected chi connectivity index (χ0v) is 14.5. The number of carbonyl (C=O) groups is 1. The predicted molar refractivity (Wildman–Crippen MR) is 90.6 cm³/mol. The first-order chi connectivity index (χ1) is 11.7. The Kier molecular flexibility index (Phi) is 4.59. The first-order valence-corrected chi connectivity index (χ1v) is 9.34. The van der Waals surface area contributed by atoms with Gasteiger partial charge in [0.2, 0.25) is 5.91 Å². The number of fused-ring (bicyclic) bond motifs is 1. The van der Waals surface area contributed by atoms with Gasteiger partial charge in [-0.2, -0.15) is 0 Å². The number of carbonyl (C=O) groups excluding carboxylic acids is 1. The molecule has 24 heavy (non-hydrogen) atoms. The van der Waals surface area contributed by atoms with Gasteiger partial charge < -0.3 is 14.6 Å². The fourth-order valence-corrected chi connectivity index (χ4v) is 4.54. The van der Waals surface area contributed by atoms with E-state index in [9.17, 15) is 4.79 Å². The molecule has 0 radical (unpaired) electrons. The first kappa shape index (κ1) is 16.1. The molecule has 1 aromatic heterocycles. The molecule has 1 amide bonds. The molecule has 1 aromatic rings. The number of aromatic nitrogens is 2. The number of aryl methyl sites for hydroxylation is 1. The third-order valence-corrected chi connectivity index (χ3v) is 5.89. The highest BCUT2D eigenvalue weighted by Crippen LogP contribution is 2.31. The van der Waals surface area contributed by atoms with E-state index >= 15 is 0 Å². The molecule has 2 aliphatic heterocycles. The topological polar surface area (TPSA) is 59.4 Å². The van der Waals surface area contributed by atoms with E-state index in [1.807, 2.05) is 17.9 Å². The molecule has 132 valence electrons. The monoisotopic (exact) mass is 332 g/mol. The molecule has 1 saturated carbocycles. The Bertz CT molecular complexity index is 588. The summed E-state index contributed by atoms with van der Waals surface area (Å²) in [5.74, 6) is 0.0770. The Balaban J connectivity index is 1.53. The highest BCUT2D eigenvalue weighted by Gasteiger charge is 2.37. The summed E-state index contributed by atoms with van der Waals surface area (Å²) in [4.78, 5) is 20.0. The zero-order chi connectivity index (χ0) is 16.5. The van der Waals surface area contributed by atoms with Gasteiger partial charge in [0.25, 0.3) is 0 Å². The smallest absolute Gasteiger partial charge is 0.230 e. The number of nitrogens with zero attached hydrogens (tertiary/aromatic N) is 3. The molecule has 1 N–H and O–H groups in total. The largest absolute Gasteiger partial charge is 0.381 e. The van der Waals surface area contributed by atoms with Crippen molar-refractivity contribution >= 4 is 5.91 Å². The maximum absolute atomic E-state index is 13.0. The van der Waals surface area contributed by atoms with Gasteiger partial charge in [0.15, 0.2) is 0 Å². The summed E-state index contributed by atoms with van der Waals surface area (Å²) < 4.78 is 7.54. The van der Waals surface area contributed by atoms with Crippen LogP contribution in [0.4, 0.5) is 0 Å². The van der Waals surface area contributed by atoms with Gasteiger partial charge in [0.05, 0.1) is 23.6 Å². The lowest BCUT2D eigenvalue weighted by atomic mass is 9.94. The van der Waals surface area contributed by atoms with Gasteiger partial charge in [-0.1, -0.05) is 12.8 Å². The Labute approximate surface area is 143 Å². The highest BCUT2D eigenvalue weighted by molar-refractivity contribution is 5.84. The lowest BCUT2D eigenvalue weighted by Crippen LogP contribution is -2.48. The molecule has 0 aromatic carbocycles. The second-order valence-corrected chi connectivity index (χ2v) is 7.50. The lowest BCUT2D eigenvalue weighted by Gasteiger charge is -2.39. The molecule has 0 spiro atoms. The Morgan fingerprint density at radius 2 is 2.00 bits per heavy atom. The summed E-state index contributed by atoms with van der Waals surface area (Å²) in [6, 6.07) is 0.878. The number of imidazole rings is 1. The van der Waals surface area contributed by atoms with Crippen LogP contribution in [0.15, 0.2) is 6.33 Å². The highest BCUT2D eigenvalue weighted by atomic mass is 16.5. The standard InChI is InChI=1S/C18H28N4O2/c1-21-12-19-16-11-22(14-6-8-24-9-7-14)10-15(17(16)21)18(23)20-13-4-2-3-5-13/h12-15H,2-11H2,1H3,(H,20,23)/t15-/m0/s1. The van der Waals surface area contributed by atoms with Crippen LogP contribution in [0.3, 0.4) is 0 Å². The Hall–Kier alpha value is -1.40. The second-order valence-electron chi connectivity index (χ2n) is 7.50. The zero-order valence-electron chi connectivity index (χ0n) is 14.5. The summed E-state index contributed by atoms with van der Waals surface area (Å²) in [6.07, 6.45) is 8.69. The summed E-state index contributed by atoms with van der Waals surface area (Å²) in [5.41, 5.74) is 2.18. The average Bonchev–Trinajstić information content (AvgIpc) is 3.25. The molecule has 3 aliphatic rings. The molecule has 0 unspecified atom stereocenters. The minimum absolute atomic E-state index is 0.107. The molecule has 1 atom stereocenters. The maximum Gasteiger partial charge on any atom is 0.230 e. The first-order valence-electron chi connectivity index (χ1n) is 9.34. The van der Waals surface area contributed by atoms with E-state index in [-0.39, 0.29) is 11.8 Å². The minimum Gasteiger partial charge on any atom is -0.381 e. The molecular weight excluding hydrogens is 304 g/mol. The van der Waals surface area contributed by atoms with E-state index < -0.39 is 0 Å². The van der Waals surface area contributed by atoms with Crippen molar-refractivity contribution in [2.24, 2.45) is 7.05 Å². The average molecular weight is 332 g/mol. The number of nitrogens with one attached hydrogen (secondary N) is 1. The molecule has 1 saturated heterocycles. The van der Waals surface area contributed by atoms with Crippen LogP contribution in [0.2, 0.25) is 0 Å². The van der Waals surface area contributed by atoms with Crippen molar-refractivity contribution < 1.29 is 9.53 Å². The van der Waals surface area contributed by atoms with Crippen molar-refractivity contribution in [1.82, 2.24) is 19.8 Å². The van der Waals surface area contributed by atoms with Crippen LogP contribution >= 0.6 is 0 Å². The van der Waals surface area contributed by atoms with Gasteiger partial charge in [-0.3, -0.25) is 9.69 Å². The number of ether oxygens (including phenoxy) is 1. The fraction of sp³-hybridized carbons (Fsp3) is 0.778. The van der Waals surface area contributed by atoms with E-state index in [2.05, 4.69) is 15.2 Å². The van der Waals surface area contributed by atoms with Crippen molar-refractivity contribution in [3.63, 3.8) is 0 Å². The minimum atomic E-state index is -0.107. The van der Waals surface area contributed by atoms with Crippen molar-refractivity contribution in [3.8, 4) is 0 Å². The predicted octanol–water partition coefficient (Wildman–Crippen LogP) is 1.56. The third kappa shape index (κ3) is 3.09. The molecular formula is C18H28N4O2. The summed E-state index contributed by atoms with van der Waals surface area (Å²) in [7, 11) is 2.01. The van der Waals surface area contributed by atoms with E-state index in [1.54, 1.807) is 0 Å².